The SMILES string of the molecule is C#Cc1ccc2[nH]c(=O)oc2c1. The minimum Gasteiger partial charge on any atom is -0.408 e. The monoisotopic (exact) mass is 159 g/mol. The van der Waals surface area contributed by atoms with Crippen molar-refractivity contribution in [2.45, 2.75) is 0 Å². The van der Waals surface area contributed by atoms with Gasteiger partial charge in [0.1, 0.15) is 0 Å². The van der Waals surface area contributed by atoms with Crippen LogP contribution in [0.5, 0.6) is 0 Å². The molecule has 3 nitrogen and oxygen atoms in total. The van der Waals surface area contributed by atoms with Crippen molar-refractivity contribution in [2.75, 3.05) is 0 Å². The van der Waals surface area contributed by atoms with Crippen LogP contribution in [0.15, 0.2) is 27.4 Å². The number of H-pyrrole nitrogens is 1. The predicted molar refractivity (Wildman–Crippen MR) is 44.8 cm³/mol. The summed E-state index contributed by atoms with van der Waals surface area (Å²) in [6, 6.07) is 5.11. The second kappa shape index (κ2) is 2.28. The lowest BCUT2D eigenvalue weighted by Crippen LogP contribution is -1.92. The second-order valence-electron chi connectivity index (χ2n) is 2.37. The van der Waals surface area contributed by atoms with Crippen LogP contribution in [-0.2, 0) is 0 Å². The van der Waals surface area contributed by atoms with Gasteiger partial charge in [0, 0.05) is 5.56 Å². The molecule has 2 rings (SSSR count). The number of terminal acetylenes is 1. The van der Waals surface area contributed by atoms with Crippen molar-refractivity contribution in [3.63, 3.8) is 0 Å². The minimum atomic E-state index is -0.459. The van der Waals surface area contributed by atoms with Crippen LogP contribution in [0, 0.1) is 12.3 Å². The lowest BCUT2D eigenvalue weighted by atomic mass is 10.2. The zero-order valence-corrected chi connectivity index (χ0v) is 6.13. The van der Waals surface area contributed by atoms with Crippen LogP contribution in [0.25, 0.3) is 11.1 Å². The third-order valence-corrected chi connectivity index (χ3v) is 1.59. The maximum Gasteiger partial charge on any atom is 0.417 e. The molecule has 0 aliphatic heterocycles. The standard InChI is InChI=1S/C9H5NO2/c1-2-6-3-4-7-8(5-6)12-9(11)10-7/h1,3-5H,(H,10,11). The van der Waals surface area contributed by atoms with Gasteiger partial charge < -0.3 is 4.42 Å². The number of benzene rings is 1. The highest BCUT2D eigenvalue weighted by molar-refractivity contribution is 5.73. The molecule has 0 bridgehead atoms. The molecule has 1 aromatic heterocycles. The molecule has 0 amide bonds. The van der Waals surface area contributed by atoms with Gasteiger partial charge in [0.25, 0.3) is 0 Å². The Hall–Kier alpha value is -1.95. The average molecular weight is 159 g/mol. The van der Waals surface area contributed by atoms with E-state index in [2.05, 4.69) is 10.9 Å². The topological polar surface area (TPSA) is 46.0 Å². The zero-order valence-electron chi connectivity index (χ0n) is 6.13. The summed E-state index contributed by atoms with van der Waals surface area (Å²) in [5, 5.41) is 0. The van der Waals surface area contributed by atoms with Crippen LogP contribution in [0.2, 0.25) is 0 Å². The van der Waals surface area contributed by atoms with Crippen LogP contribution in [0.3, 0.4) is 0 Å². The summed E-state index contributed by atoms with van der Waals surface area (Å²) in [4.78, 5) is 13.2. The molecule has 0 spiro atoms. The molecule has 58 valence electrons. The Balaban J connectivity index is 2.85. The Bertz CT molecular complexity index is 513. The van der Waals surface area contributed by atoms with Gasteiger partial charge in [-0.1, -0.05) is 5.92 Å². The summed E-state index contributed by atoms with van der Waals surface area (Å²) in [5.41, 5.74) is 1.86. The average Bonchev–Trinajstić information content (AvgIpc) is 2.43. The van der Waals surface area contributed by atoms with Gasteiger partial charge in [0.05, 0.1) is 5.52 Å². The van der Waals surface area contributed by atoms with E-state index in [1.807, 2.05) is 0 Å². The molecule has 0 fully saturated rings. The first-order chi connectivity index (χ1) is 5.79. The minimum absolute atomic E-state index is 0.459. The van der Waals surface area contributed by atoms with Gasteiger partial charge >= 0.3 is 5.76 Å². The lowest BCUT2D eigenvalue weighted by Gasteiger charge is -1.87. The van der Waals surface area contributed by atoms with E-state index in [4.69, 9.17) is 10.8 Å². The second-order valence-corrected chi connectivity index (χ2v) is 2.37. The maximum atomic E-state index is 10.7. The third kappa shape index (κ3) is 0.903. The molecule has 0 atom stereocenters. The van der Waals surface area contributed by atoms with Crippen LogP contribution >= 0.6 is 0 Å². The van der Waals surface area contributed by atoms with E-state index < -0.39 is 5.76 Å². The van der Waals surface area contributed by atoms with Gasteiger partial charge in [-0.2, -0.15) is 0 Å². The number of hydrogen-bond acceptors (Lipinski definition) is 2. The van der Waals surface area contributed by atoms with E-state index in [1.54, 1.807) is 18.2 Å². The van der Waals surface area contributed by atoms with Crippen molar-refractivity contribution in [3.05, 3.63) is 34.3 Å². The van der Waals surface area contributed by atoms with Crippen molar-refractivity contribution in [3.8, 4) is 12.3 Å². The molecule has 0 saturated heterocycles. The summed E-state index contributed by atoms with van der Waals surface area (Å²) >= 11 is 0. The van der Waals surface area contributed by atoms with Crippen LogP contribution in [0.1, 0.15) is 5.56 Å². The molecule has 1 heterocycles. The molecule has 12 heavy (non-hydrogen) atoms. The summed E-state index contributed by atoms with van der Waals surface area (Å²) in [5.74, 6) is 1.99. The quantitative estimate of drug-likeness (QED) is 0.585. The number of oxazole rings is 1. The van der Waals surface area contributed by atoms with Crippen LogP contribution in [0.4, 0.5) is 0 Å². The highest BCUT2D eigenvalue weighted by Gasteiger charge is 1.99. The number of rotatable bonds is 0. The van der Waals surface area contributed by atoms with Crippen molar-refractivity contribution in [1.82, 2.24) is 4.98 Å². The fourth-order valence-electron chi connectivity index (χ4n) is 1.04. The van der Waals surface area contributed by atoms with Gasteiger partial charge in [-0.15, -0.1) is 6.42 Å². The van der Waals surface area contributed by atoms with Gasteiger partial charge in [-0.3, -0.25) is 4.98 Å². The molecule has 0 saturated carbocycles. The summed E-state index contributed by atoms with van der Waals surface area (Å²) in [6.07, 6.45) is 5.17. The molecule has 0 radical (unpaired) electrons. The van der Waals surface area contributed by atoms with E-state index in [-0.39, 0.29) is 0 Å². The van der Waals surface area contributed by atoms with Crippen molar-refractivity contribution in [1.29, 1.82) is 0 Å². The third-order valence-electron chi connectivity index (χ3n) is 1.59. The van der Waals surface area contributed by atoms with Gasteiger partial charge in [-0.05, 0) is 18.2 Å². The molecule has 1 aromatic carbocycles. The highest BCUT2D eigenvalue weighted by atomic mass is 16.4. The maximum absolute atomic E-state index is 10.7. The Kier molecular flexibility index (Phi) is 1.28. The number of aromatic nitrogens is 1. The number of fused-ring (bicyclic) bond motifs is 1. The molecule has 2 aromatic rings. The fraction of sp³-hybridized carbons (Fsp3) is 0. The Morgan fingerprint density at radius 1 is 1.50 bits per heavy atom. The van der Waals surface area contributed by atoms with E-state index in [9.17, 15) is 4.79 Å². The normalized spacial score (nSPS) is 9.92. The Labute approximate surface area is 68.0 Å². The predicted octanol–water partition coefficient (Wildman–Crippen LogP) is 1.10. The van der Waals surface area contributed by atoms with E-state index in [0.29, 0.717) is 16.7 Å². The van der Waals surface area contributed by atoms with Gasteiger partial charge in [0.2, 0.25) is 0 Å². The Morgan fingerprint density at radius 3 is 3.08 bits per heavy atom. The number of hydrogen-bond donors (Lipinski definition) is 1. The van der Waals surface area contributed by atoms with Gasteiger partial charge in [0.15, 0.2) is 5.58 Å². The summed E-state index contributed by atoms with van der Waals surface area (Å²) in [6.45, 7) is 0. The lowest BCUT2D eigenvalue weighted by molar-refractivity contribution is 0.555. The molecular weight excluding hydrogens is 154 g/mol. The van der Waals surface area contributed by atoms with Crippen LogP contribution in [-0.4, -0.2) is 4.98 Å². The molecule has 0 unspecified atom stereocenters. The zero-order chi connectivity index (χ0) is 8.55. The van der Waals surface area contributed by atoms with Crippen molar-refractivity contribution < 1.29 is 4.42 Å². The first-order valence-corrected chi connectivity index (χ1v) is 3.39. The first kappa shape index (κ1) is 6.74. The molecular formula is C9H5NO2. The van der Waals surface area contributed by atoms with E-state index in [0.717, 1.165) is 0 Å². The number of aromatic amines is 1. The Morgan fingerprint density at radius 2 is 2.33 bits per heavy atom. The van der Waals surface area contributed by atoms with E-state index in [1.165, 1.54) is 0 Å². The smallest absolute Gasteiger partial charge is 0.408 e. The van der Waals surface area contributed by atoms with Crippen LogP contribution < -0.4 is 5.76 Å². The fourth-order valence-corrected chi connectivity index (χ4v) is 1.04. The van der Waals surface area contributed by atoms with Gasteiger partial charge in [-0.25, -0.2) is 4.79 Å². The molecule has 0 aliphatic rings. The first-order valence-electron chi connectivity index (χ1n) is 3.39. The summed E-state index contributed by atoms with van der Waals surface area (Å²) < 4.78 is 4.80. The molecule has 1 N–H and O–H groups in total. The largest absolute Gasteiger partial charge is 0.417 e. The van der Waals surface area contributed by atoms with E-state index >= 15 is 0 Å². The van der Waals surface area contributed by atoms with Crippen molar-refractivity contribution in [2.24, 2.45) is 0 Å². The highest BCUT2D eigenvalue weighted by Crippen LogP contribution is 2.10. The van der Waals surface area contributed by atoms with Crippen molar-refractivity contribution >= 4 is 11.1 Å². The number of nitrogens with one attached hydrogen (secondary N) is 1. The molecule has 0 aliphatic carbocycles. The summed E-state index contributed by atoms with van der Waals surface area (Å²) in [7, 11) is 0. The molecule has 3 heteroatoms.